The molecule has 0 aliphatic carbocycles. The lowest BCUT2D eigenvalue weighted by molar-refractivity contribution is -0.392. The van der Waals surface area contributed by atoms with E-state index in [0.717, 1.165) is 6.20 Å². The van der Waals surface area contributed by atoms with Crippen molar-refractivity contribution in [3.05, 3.63) is 22.1 Å². The molecule has 0 amide bonds. The van der Waals surface area contributed by atoms with Gasteiger partial charge in [0.2, 0.25) is 5.96 Å². The summed E-state index contributed by atoms with van der Waals surface area (Å²) in [6, 6.07) is 0. The minimum Gasteiger partial charge on any atom is -0.392 e. The zero-order chi connectivity index (χ0) is 13.3. The van der Waals surface area contributed by atoms with Crippen molar-refractivity contribution >= 4 is 34.7 Å². The first-order valence-electron chi connectivity index (χ1n) is 4.83. The maximum atomic E-state index is 10.8. The van der Waals surface area contributed by atoms with E-state index in [-0.39, 0.29) is 41.5 Å². The van der Waals surface area contributed by atoms with Gasteiger partial charge in [-0.1, -0.05) is 12.2 Å². The highest BCUT2D eigenvalue weighted by Gasteiger charge is 2.28. The Morgan fingerprint density at radius 2 is 2.28 bits per heavy atom. The van der Waals surface area contributed by atoms with Crippen LogP contribution in [0.5, 0.6) is 0 Å². The standard InChI is InChI=1S/C8H8N6O3S/c9-8-11-5(7(18)12-8)6-10-3-4(14(16)17)13(6)1-2-15/h3,15H,1-2H2,(H2,9,12,18). The second kappa shape index (κ2) is 4.58. The van der Waals surface area contributed by atoms with Crippen LogP contribution in [0, 0.1) is 10.1 Å². The molecule has 18 heavy (non-hydrogen) atoms. The smallest absolute Gasteiger partial charge is 0.343 e. The average Bonchev–Trinajstić information content (AvgIpc) is 2.82. The zero-order valence-corrected chi connectivity index (χ0v) is 9.79. The predicted molar refractivity (Wildman–Crippen MR) is 66.7 cm³/mol. The van der Waals surface area contributed by atoms with Gasteiger partial charge in [-0.3, -0.25) is 0 Å². The number of thiocarbonyl (C=S) groups is 1. The molecule has 1 aromatic heterocycles. The van der Waals surface area contributed by atoms with Crippen LogP contribution < -0.4 is 5.73 Å². The lowest BCUT2D eigenvalue weighted by Crippen LogP contribution is -2.18. The van der Waals surface area contributed by atoms with Gasteiger partial charge in [-0.15, -0.1) is 0 Å². The van der Waals surface area contributed by atoms with Gasteiger partial charge in [0.1, 0.15) is 12.7 Å². The highest BCUT2D eigenvalue weighted by atomic mass is 32.1. The third-order valence-corrected chi connectivity index (χ3v) is 2.49. The van der Waals surface area contributed by atoms with Crippen molar-refractivity contribution in [1.29, 1.82) is 0 Å². The molecule has 2 rings (SSSR count). The number of imidazole rings is 1. The summed E-state index contributed by atoms with van der Waals surface area (Å²) in [5.41, 5.74) is 5.60. The summed E-state index contributed by atoms with van der Waals surface area (Å²) in [5.74, 6) is -0.101. The van der Waals surface area contributed by atoms with Gasteiger partial charge in [0, 0.05) is 0 Å². The Kier molecular flexibility index (Phi) is 3.12. The molecule has 1 aliphatic rings. The number of nitro groups is 1. The lowest BCUT2D eigenvalue weighted by Gasteiger charge is -2.02. The van der Waals surface area contributed by atoms with Crippen LogP contribution in [0.15, 0.2) is 16.2 Å². The molecule has 0 fully saturated rings. The normalized spacial score (nSPS) is 14.6. The van der Waals surface area contributed by atoms with Crippen molar-refractivity contribution in [2.45, 2.75) is 6.54 Å². The van der Waals surface area contributed by atoms with E-state index in [4.69, 9.17) is 23.1 Å². The number of guanidine groups is 1. The van der Waals surface area contributed by atoms with E-state index >= 15 is 0 Å². The lowest BCUT2D eigenvalue weighted by atomic mass is 10.3. The Balaban J connectivity index is 2.49. The van der Waals surface area contributed by atoms with E-state index in [9.17, 15) is 10.1 Å². The fraction of sp³-hybridized carbons (Fsp3) is 0.250. The number of aliphatic imine (C=N–C) groups is 2. The van der Waals surface area contributed by atoms with Gasteiger partial charge >= 0.3 is 5.82 Å². The first-order valence-corrected chi connectivity index (χ1v) is 5.23. The Labute approximate surface area is 106 Å². The van der Waals surface area contributed by atoms with E-state index in [1.807, 2.05) is 0 Å². The number of aliphatic hydroxyl groups is 1. The van der Waals surface area contributed by atoms with E-state index in [2.05, 4.69) is 15.0 Å². The van der Waals surface area contributed by atoms with E-state index in [0.29, 0.717) is 0 Å². The Morgan fingerprint density at radius 3 is 2.78 bits per heavy atom. The quantitative estimate of drug-likeness (QED) is 0.418. The number of hydrogen-bond donors (Lipinski definition) is 2. The van der Waals surface area contributed by atoms with E-state index in [1.165, 1.54) is 4.57 Å². The average molecular weight is 268 g/mol. The highest BCUT2D eigenvalue weighted by molar-refractivity contribution is 7.82. The summed E-state index contributed by atoms with van der Waals surface area (Å²) in [6.07, 6.45) is 1.07. The molecule has 0 saturated heterocycles. The fourth-order valence-electron chi connectivity index (χ4n) is 1.51. The molecule has 0 bridgehead atoms. The summed E-state index contributed by atoms with van der Waals surface area (Å²) >= 11 is 4.93. The third-order valence-electron chi connectivity index (χ3n) is 2.20. The molecular formula is C8H8N6O3S. The van der Waals surface area contributed by atoms with Gasteiger partial charge in [0.15, 0.2) is 10.7 Å². The molecule has 0 radical (unpaired) electrons. The summed E-state index contributed by atoms with van der Waals surface area (Å²) in [4.78, 5) is 21.8. The maximum Gasteiger partial charge on any atom is 0.343 e. The molecule has 1 aromatic rings. The molecule has 3 N–H and O–H groups in total. The van der Waals surface area contributed by atoms with Crippen molar-refractivity contribution in [3.63, 3.8) is 0 Å². The fourth-order valence-corrected chi connectivity index (χ4v) is 1.74. The molecule has 1 aliphatic heterocycles. The Hall–Kier alpha value is -2.20. The van der Waals surface area contributed by atoms with Crippen LogP contribution in [0.4, 0.5) is 5.82 Å². The SMILES string of the molecule is NC1=NC(=S)C(c2ncc([N+](=O)[O-])n2CCO)=N1. The molecule has 94 valence electrons. The van der Waals surface area contributed by atoms with Gasteiger partial charge in [-0.05, 0) is 4.92 Å². The van der Waals surface area contributed by atoms with Crippen molar-refractivity contribution in [2.24, 2.45) is 15.7 Å². The third kappa shape index (κ3) is 1.98. The summed E-state index contributed by atoms with van der Waals surface area (Å²) < 4.78 is 1.21. The Bertz CT molecular complexity index is 590. The van der Waals surface area contributed by atoms with Crippen LogP contribution in [-0.2, 0) is 6.54 Å². The molecule has 0 unspecified atom stereocenters. The van der Waals surface area contributed by atoms with Crippen LogP contribution in [0.2, 0.25) is 0 Å². The molecule has 9 nitrogen and oxygen atoms in total. The van der Waals surface area contributed by atoms with Crippen LogP contribution in [0.3, 0.4) is 0 Å². The second-order valence-corrected chi connectivity index (χ2v) is 3.69. The molecule has 2 heterocycles. The van der Waals surface area contributed by atoms with Crippen molar-refractivity contribution < 1.29 is 10.0 Å². The van der Waals surface area contributed by atoms with Crippen molar-refractivity contribution in [3.8, 4) is 0 Å². The number of nitrogens with two attached hydrogens (primary N) is 1. The van der Waals surface area contributed by atoms with Crippen molar-refractivity contribution in [2.75, 3.05) is 6.61 Å². The van der Waals surface area contributed by atoms with Gasteiger partial charge in [-0.25, -0.2) is 14.5 Å². The van der Waals surface area contributed by atoms with Crippen molar-refractivity contribution in [1.82, 2.24) is 9.55 Å². The second-order valence-electron chi connectivity index (χ2n) is 3.31. The first kappa shape index (κ1) is 12.3. The number of aromatic nitrogens is 2. The molecule has 0 spiro atoms. The van der Waals surface area contributed by atoms with E-state index < -0.39 is 4.92 Å². The summed E-state index contributed by atoms with van der Waals surface area (Å²) in [5, 5.41) is 19.7. The van der Waals surface area contributed by atoms with Crippen LogP contribution in [0.1, 0.15) is 5.82 Å². The first-order chi connectivity index (χ1) is 8.54. The maximum absolute atomic E-state index is 10.8. The van der Waals surface area contributed by atoms with E-state index in [1.54, 1.807) is 0 Å². The molecular weight excluding hydrogens is 260 g/mol. The van der Waals surface area contributed by atoms with Crippen LogP contribution in [0.25, 0.3) is 0 Å². The minimum absolute atomic E-state index is 0.00713. The number of rotatable bonds is 4. The van der Waals surface area contributed by atoms with Crippen LogP contribution >= 0.6 is 12.2 Å². The Morgan fingerprint density at radius 1 is 1.56 bits per heavy atom. The number of aliphatic hydroxyl groups excluding tert-OH is 1. The van der Waals surface area contributed by atoms with Gasteiger partial charge in [-0.2, -0.15) is 4.99 Å². The van der Waals surface area contributed by atoms with Gasteiger partial charge in [0.25, 0.3) is 5.82 Å². The monoisotopic (exact) mass is 268 g/mol. The number of nitrogens with zero attached hydrogens (tertiary/aromatic N) is 5. The van der Waals surface area contributed by atoms with Gasteiger partial charge < -0.3 is 21.0 Å². The molecule has 0 saturated carbocycles. The zero-order valence-electron chi connectivity index (χ0n) is 8.98. The highest BCUT2D eigenvalue weighted by Crippen LogP contribution is 2.17. The summed E-state index contributed by atoms with van der Waals surface area (Å²) in [7, 11) is 0. The van der Waals surface area contributed by atoms with Crippen LogP contribution in [-0.4, -0.2) is 42.8 Å². The molecule has 0 aromatic carbocycles. The summed E-state index contributed by atoms with van der Waals surface area (Å²) in [6.45, 7) is -0.270. The number of hydrogen-bond acceptors (Lipinski definition) is 7. The molecule has 0 atom stereocenters. The largest absolute Gasteiger partial charge is 0.392 e. The minimum atomic E-state index is -0.602. The predicted octanol–water partition coefficient (Wildman–Crippen LogP) is -0.772. The van der Waals surface area contributed by atoms with Gasteiger partial charge in [0.05, 0.1) is 6.61 Å². The topological polar surface area (TPSA) is 132 Å². The molecule has 10 heteroatoms.